The molecule has 1 aliphatic heterocycles. The van der Waals surface area contributed by atoms with Crippen LogP contribution in [0.4, 0.5) is 5.95 Å². The minimum Gasteiger partial charge on any atom is -0.342 e. The van der Waals surface area contributed by atoms with Gasteiger partial charge in [0.05, 0.1) is 5.69 Å². The van der Waals surface area contributed by atoms with Gasteiger partial charge in [0.15, 0.2) is 0 Å². The van der Waals surface area contributed by atoms with Crippen molar-refractivity contribution in [2.24, 2.45) is 11.7 Å². The molecular weight excluding hydrogens is 260 g/mol. The molecule has 3 rings (SSSR count). The monoisotopic (exact) mass is 284 g/mol. The third-order valence-corrected chi connectivity index (χ3v) is 4.41. The zero-order valence-corrected chi connectivity index (χ0v) is 12.9. The zero-order valence-electron chi connectivity index (χ0n) is 12.9. The number of aryl methyl sites for hydroxylation is 1. The Balaban J connectivity index is 1.84. The third kappa shape index (κ3) is 2.95. The molecule has 0 spiro atoms. The van der Waals surface area contributed by atoms with Gasteiger partial charge in [-0.25, -0.2) is 4.98 Å². The van der Waals surface area contributed by atoms with Crippen molar-refractivity contribution < 1.29 is 0 Å². The van der Waals surface area contributed by atoms with Crippen LogP contribution >= 0.6 is 0 Å². The van der Waals surface area contributed by atoms with E-state index in [1.165, 1.54) is 5.69 Å². The lowest BCUT2D eigenvalue weighted by atomic mass is 9.91. The Labute approximate surface area is 126 Å². The highest BCUT2D eigenvalue weighted by Gasteiger charge is 2.24. The number of nitrogens with zero attached hydrogens (tertiary/aromatic N) is 3. The molecule has 2 aromatic rings. The summed E-state index contributed by atoms with van der Waals surface area (Å²) in [6.07, 6.45) is 4.42. The van der Waals surface area contributed by atoms with Crippen molar-refractivity contribution >= 4 is 5.95 Å². The van der Waals surface area contributed by atoms with Gasteiger partial charge in [0.2, 0.25) is 5.95 Å². The Morgan fingerprint density at radius 1 is 1.19 bits per heavy atom. The Morgan fingerprint density at radius 2 is 1.86 bits per heavy atom. The first-order valence-electron chi connectivity index (χ1n) is 7.77. The summed E-state index contributed by atoms with van der Waals surface area (Å²) in [4.78, 5) is 7.13. The van der Waals surface area contributed by atoms with Gasteiger partial charge in [0, 0.05) is 31.0 Å². The number of rotatable bonds is 3. The van der Waals surface area contributed by atoms with E-state index in [0.29, 0.717) is 12.0 Å². The Kier molecular flexibility index (Phi) is 3.97. The van der Waals surface area contributed by atoms with Gasteiger partial charge in [0.1, 0.15) is 0 Å². The van der Waals surface area contributed by atoms with Gasteiger partial charge in [-0.3, -0.25) is 4.57 Å². The first-order valence-corrected chi connectivity index (χ1v) is 7.77. The van der Waals surface area contributed by atoms with Crippen LogP contribution in [0, 0.1) is 12.8 Å². The molecule has 112 valence electrons. The molecule has 2 N–H and O–H groups in total. The van der Waals surface area contributed by atoms with E-state index in [2.05, 4.69) is 53.8 Å². The topological polar surface area (TPSA) is 47.1 Å². The van der Waals surface area contributed by atoms with E-state index in [1.54, 1.807) is 0 Å². The number of hydrogen-bond acceptors (Lipinski definition) is 3. The quantitative estimate of drug-likeness (QED) is 0.942. The lowest BCUT2D eigenvalue weighted by Crippen LogP contribution is -2.40. The molecule has 0 bridgehead atoms. The van der Waals surface area contributed by atoms with Gasteiger partial charge in [0.25, 0.3) is 0 Å². The molecule has 2 heterocycles. The highest BCUT2D eigenvalue weighted by molar-refractivity contribution is 5.45. The summed E-state index contributed by atoms with van der Waals surface area (Å²) >= 11 is 0. The van der Waals surface area contributed by atoms with Gasteiger partial charge in [-0.2, -0.15) is 0 Å². The molecule has 1 aromatic carbocycles. The van der Waals surface area contributed by atoms with E-state index in [1.807, 2.05) is 6.07 Å². The number of benzene rings is 1. The van der Waals surface area contributed by atoms with Crippen molar-refractivity contribution in [1.82, 2.24) is 9.55 Å². The summed E-state index contributed by atoms with van der Waals surface area (Å²) in [5.41, 5.74) is 8.26. The SMILES string of the molecule is Cc1cn(-c2ccccc2)c(N2CCC(C(C)N)CC2)n1. The van der Waals surface area contributed by atoms with Crippen LogP contribution in [-0.4, -0.2) is 28.7 Å². The number of imidazole rings is 1. The van der Waals surface area contributed by atoms with Crippen molar-refractivity contribution in [1.29, 1.82) is 0 Å². The fourth-order valence-electron chi connectivity index (χ4n) is 3.11. The number of hydrogen-bond donors (Lipinski definition) is 1. The molecule has 0 radical (unpaired) electrons. The molecule has 4 heteroatoms. The molecule has 1 atom stereocenters. The summed E-state index contributed by atoms with van der Waals surface area (Å²) in [7, 11) is 0. The highest BCUT2D eigenvalue weighted by Crippen LogP contribution is 2.26. The molecule has 21 heavy (non-hydrogen) atoms. The smallest absolute Gasteiger partial charge is 0.210 e. The van der Waals surface area contributed by atoms with Crippen molar-refractivity contribution in [2.45, 2.75) is 32.7 Å². The average molecular weight is 284 g/mol. The van der Waals surface area contributed by atoms with Gasteiger partial charge >= 0.3 is 0 Å². The maximum atomic E-state index is 6.04. The Bertz CT molecular complexity index is 580. The third-order valence-electron chi connectivity index (χ3n) is 4.41. The lowest BCUT2D eigenvalue weighted by molar-refractivity contribution is 0.352. The van der Waals surface area contributed by atoms with Crippen molar-refractivity contribution in [3.05, 3.63) is 42.2 Å². The van der Waals surface area contributed by atoms with Gasteiger partial charge in [-0.1, -0.05) is 18.2 Å². The minimum atomic E-state index is 0.294. The number of piperidine rings is 1. The number of para-hydroxylation sites is 1. The molecule has 1 unspecified atom stereocenters. The van der Waals surface area contributed by atoms with Gasteiger partial charge in [-0.05, 0) is 44.7 Å². The molecule has 0 aliphatic carbocycles. The first kappa shape index (κ1) is 14.1. The first-order chi connectivity index (χ1) is 10.1. The highest BCUT2D eigenvalue weighted by atomic mass is 15.3. The maximum absolute atomic E-state index is 6.04. The predicted octanol–water partition coefficient (Wildman–Crippen LogP) is 2.74. The number of anilines is 1. The van der Waals surface area contributed by atoms with Crippen LogP contribution in [0.25, 0.3) is 5.69 Å². The summed E-state index contributed by atoms with van der Waals surface area (Å²) in [6, 6.07) is 10.7. The van der Waals surface area contributed by atoms with E-state index in [9.17, 15) is 0 Å². The largest absolute Gasteiger partial charge is 0.342 e. The lowest BCUT2D eigenvalue weighted by Gasteiger charge is -2.34. The van der Waals surface area contributed by atoms with Crippen molar-refractivity contribution in [3.63, 3.8) is 0 Å². The fourth-order valence-corrected chi connectivity index (χ4v) is 3.11. The summed E-state index contributed by atoms with van der Waals surface area (Å²) in [5.74, 6) is 1.70. The van der Waals surface area contributed by atoms with Crippen LogP contribution < -0.4 is 10.6 Å². The normalized spacial score (nSPS) is 18.0. The summed E-state index contributed by atoms with van der Waals surface area (Å²) in [6.45, 7) is 6.25. The van der Waals surface area contributed by atoms with Crippen LogP contribution in [0.5, 0.6) is 0 Å². The van der Waals surface area contributed by atoms with Gasteiger partial charge in [-0.15, -0.1) is 0 Å². The molecule has 1 aliphatic rings. The molecule has 4 nitrogen and oxygen atoms in total. The molecular formula is C17H24N4. The summed E-state index contributed by atoms with van der Waals surface area (Å²) < 4.78 is 2.20. The van der Waals surface area contributed by atoms with Crippen LogP contribution in [0.1, 0.15) is 25.5 Å². The Morgan fingerprint density at radius 3 is 2.48 bits per heavy atom. The van der Waals surface area contributed by atoms with E-state index < -0.39 is 0 Å². The van der Waals surface area contributed by atoms with E-state index in [0.717, 1.165) is 37.6 Å². The second-order valence-corrected chi connectivity index (χ2v) is 6.07. The van der Waals surface area contributed by atoms with Crippen LogP contribution in [0.2, 0.25) is 0 Å². The van der Waals surface area contributed by atoms with Crippen molar-refractivity contribution in [2.75, 3.05) is 18.0 Å². The second kappa shape index (κ2) is 5.90. The fraction of sp³-hybridized carbons (Fsp3) is 0.471. The van der Waals surface area contributed by atoms with E-state index >= 15 is 0 Å². The van der Waals surface area contributed by atoms with Crippen LogP contribution in [-0.2, 0) is 0 Å². The molecule has 1 fully saturated rings. The zero-order chi connectivity index (χ0) is 14.8. The number of aromatic nitrogens is 2. The molecule has 0 saturated carbocycles. The second-order valence-electron chi connectivity index (χ2n) is 6.07. The van der Waals surface area contributed by atoms with Crippen molar-refractivity contribution in [3.8, 4) is 5.69 Å². The standard InChI is InChI=1S/C17H24N4/c1-13-12-21(16-6-4-3-5-7-16)17(19-13)20-10-8-15(9-11-20)14(2)18/h3-7,12,14-15H,8-11,18H2,1-2H3. The molecule has 1 saturated heterocycles. The Hall–Kier alpha value is -1.81. The number of nitrogens with two attached hydrogens (primary N) is 1. The van der Waals surface area contributed by atoms with Crippen LogP contribution in [0.15, 0.2) is 36.5 Å². The average Bonchev–Trinajstić information content (AvgIpc) is 2.90. The maximum Gasteiger partial charge on any atom is 0.210 e. The molecule has 0 amide bonds. The predicted molar refractivity (Wildman–Crippen MR) is 86.9 cm³/mol. The van der Waals surface area contributed by atoms with Crippen LogP contribution in [0.3, 0.4) is 0 Å². The van der Waals surface area contributed by atoms with E-state index in [-0.39, 0.29) is 0 Å². The minimum absolute atomic E-state index is 0.294. The summed E-state index contributed by atoms with van der Waals surface area (Å²) in [5, 5.41) is 0. The molecule has 1 aromatic heterocycles. The van der Waals surface area contributed by atoms with E-state index in [4.69, 9.17) is 10.7 Å². The van der Waals surface area contributed by atoms with Gasteiger partial charge < -0.3 is 10.6 Å².